The van der Waals surface area contributed by atoms with E-state index in [1.807, 2.05) is 6.92 Å². The lowest BCUT2D eigenvalue weighted by Gasteiger charge is -1.72. The molecular weight excluding hydrogens is 76.1 g/mol. The molecule has 0 radical (unpaired) electrons. The Hall–Kier alpha value is -0.300. The summed E-state index contributed by atoms with van der Waals surface area (Å²) < 4.78 is 13.1. The molecule has 0 aliphatic heterocycles. The first-order chi connectivity index (χ1) is 3.56. The van der Waals surface area contributed by atoms with Gasteiger partial charge in [0.25, 0.3) is 0 Å². The van der Waals surface area contributed by atoms with Crippen molar-refractivity contribution in [2.45, 2.75) is 13.3 Å². The monoisotopic (exact) mass is 88.1 g/mol. The highest BCUT2D eigenvalue weighted by Gasteiger charge is 1.60. The Morgan fingerprint density at radius 1 is 1.83 bits per heavy atom. The first-order valence-electron chi connectivity index (χ1n) is 2.96. The van der Waals surface area contributed by atoms with Crippen molar-refractivity contribution < 1.29 is 7.85 Å². The van der Waals surface area contributed by atoms with Gasteiger partial charge in [0.1, 0.15) is 0 Å². The fourth-order valence-corrected chi connectivity index (χ4v) is 0.171. The summed E-state index contributed by atoms with van der Waals surface area (Å²) in [6.45, 7) is -0.252. The van der Waals surface area contributed by atoms with Gasteiger partial charge in [-0.05, 0) is 6.42 Å². The van der Waals surface area contributed by atoms with Crippen molar-refractivity contribution in [3.63, 3.8) is 0 Å². The fourth-order valence-electron chi connectivity index (χ4n) is 0.171. The summed E-state index contributed by atoms with van der Waals surface area (Å²) in [6, 6.07) is 0. The van der Waals surface area contributed by atoms with Crippen LogP contribution in [0.4, 0.5) is 0 Å². The Bertz CT molecular complexity index is 82.9. The minimum Gasteiger partial charge on any atom is -0.392 e. The van der Waals surface area contributed by atoms with Crippen molar-refractivity contribution >= 4 is 0 Å². The SMILES string of the molecule is [2H]C([2H])(O)C=CCC. The van der Waals surface area contributed by atoms with Crippen LogP contribution in [-0.4, -0.2) is 11.7 Å². The van der Waals surface area contributed by atoms with Crippen molar-refractivity contribution in [1.29, 1.82) is 0 Å². The van der Waals surface area contributed by atoms with Gasteiger partial charge in [0.05, 0.1) is 9.30 Å². The molecule has 1 nitrogen and oxygen atoms in total. The van der Waals surface area contributed by atoms with E-state index in [1.54, 1.807) is 6.08 Å². The quantitative estimate of drug-likeness (QED) is 0.498. The van der Waals surface area contributed by atoms with E-state index in [0.717, 1.165) is 12.5 Å². The molecule has 1 heteroatoms. The van der Waals surface area contributed by atoms with Gasteiger partial charge in [-0.3, -0.25) is 0 Å². The zero-order valence-corrected chi connectivity index (χ0v) is 3.81. The molecule has 0 heterocycles. The summed E-state index contributed by atoms with van der Waals surface area (Å²) in [5, 5.41) is 8.40. The summed E-state index contributed by atoms with van der Waals surface area (Å²) in [6.07, 6.45) is 3.47. The van der Waals surface area contributed by atoms with Gasteiger partial charge in [0.15, 0.2) is 0 Å². The maximum absolute atomic E-state index is 8.40. The third-order valence-corrected chi connectivity index (χ3v) is 0.428. The predicted molar refractivity (Wildman–Crippen MR) is 26.5 cm³/mol. The molecule has 0 aromatic rings. The maximum Gasteiger partial charge on any atom is 0.0612 e. The summed E-state index contributed by atoms with van der Waals surface area (Å²) in [4.78, 5) is 0. The molecule has 0 saturated carbocycles. The number of hydrogen-bond acceptors (Lipinski definition) is 1. The van der Waals surface area contributed by atoms with Gasteiger partial charge in [-0.2, -0.15) is 0 Å². The van der Waals surface area contributed by atoms with E-state index in [1.165, 1.54) is 0 Å². The summed E-state index contributed by atoms with van der Waals surface area (Å²) in [5.41, 5.74) is 0. The largest absolute Gasteiger partial charge is 0.392 e. The number of rotatable bonds is 2. The van der Waals surface area contributed by atoms with Gasteiger partial charge in [-0.1, -0.05) is 19.1 Å². The number of aliphatic hydroxyl groups is 1. The van der Waals surface area contributed by atoms with Crippen LogP contribution in [0, 0.1) is 0 Å². The number of allylic oxidation sites excluding steroid dienone is 1. The Morgan fingerprint density at radius 3 is 2.67 bits per heavy atom. The van der Waals surface area contributed by atoms with Gasteiger partial charge in [-0.15, -0.1) is 0 Å². The maximum atomic E-state index is 8.40. The highest BCUT2D eigenvalue weighted by Crippen LogP contribution is 1.74. The molecule has 0 aromatic carbocycles. The lowest BCUT2D eigenvalue weighted by atomic mass is 10.4. The first-order valence-corrected chi connectivity index (χ1v) is 1.96. The lowest BCUT2D eigenvalue weighted by Crippen LogP contribution is -1.67. The molecule has 0 aromatic heterocycles. The minimum absolute atomic E-state index is 0.750. The lowest BCUT2D eigenvalue weighted by molar-refractivity contribution is 0.342. The third kappa shape index (κ3) is 3.70. The van der Waals surface area contributed by atoms with Gasteiger partial charge in [-0.25, -0.2) is 0 Å². The summed E-state index contributed by atoms with van der Waals surface area (Å²) in [7, 11) is 0. The molecule has 36 valence electrons. The standard InChI is InChI=1S/C5H10O/c1-2-3-4-5-6/h3-4,6H,2,5H2,1H3/i5D2. The Balaban J connectivity index is 3.52. The van der Waals surface area contributed by atoms with Crippen molar-refractivity contribution in [2.75, 3.05) is 6.56 Å². The van der Waals surface area contributed by atoms with E-state index in [4.69, 9.17) is 7.85 Å². The average molecular weight is 88.1 g/mol. The van der Waals surface area contributed by atoms with Crippen LogP contribution >= 0.6 is 0 Å². The molecule has 0 aliphatic carbocycles. The normalized spacial score (nSPS) is 17.7. The van der Waals surface area contributed by atoms with Crippen molar-refractivity contribution in [3.8, 4) is 0 Å². The van der Waals surface area contributed by atoms with Crippen LogP contribution in [-0.2, 0) is 0 Å². The first kappa shape index (κ1) is 2.80. The highest BCUT2D eigenvalue weighted by atomic mass is 16.2. The highest BCUT2D eigenvalue weighted by molar-refractivity contribution is 4.78. The van der Waals surface area contributed by atoms with Gasteiger partial charge in [0, 0.05) is 0 Å². The van der Waals surface area contributed by atoms with E-state index in [9.17, 15) is 0 Å². The van der Waals surface area contributed by atoms with Crippen molar-refractivity contribution in [3.05, 3.63) is 12.2 Å². The van der Waals surface area contributed by atoms with E-state index in [-0.39, 0.29) is 0 Å². The molecule has 0 atom stereocenters. The molecule has 0 aliphatic rings. The smallest absolute Gasteiger partial charge is 0.0612 e. The van der Waals surface area contributed by atoms with Crippen LogP contribution < -0.4 is 0 Å². The topological polar surface area (TPSA) is 20.2 Å². The minimum atomic E-state index is -2.13. The van der Waals surface area contributed by atoms with E-state index < -0.39 is 6.56 Å². The average Bonchev–Trinajstić information content (AvgIpc) is 1.59. The molecule has 0 saturated heterocycles. The Morgan fingerprint density at radius 2 is 2.50 bits per heavy atom. The van der Waals surface area contributed by atoms with Crippen LogP contribution in [0.15, 0.2) is 12.2 Å². The zero-order chi connectivity index (χ0) is 6.62. The van der Waals surface area contributed by atoms with Crippen LogP contribution in [0.3, 0.4) is 0 Å². The molecule has 0 unspecified atom stereocenters. The predicted octanol–water partition coefficient (Wildman–Crippen LogP) is 0.945. The van der Waals surface area contributed by atoms with Crippen molar-refractivity contribution in [1.82, 2.24) is 0 Å². The second-order valence-corrected chi connectivity index (χ2v) is 0.940. The van der Waals surface area contributed by atoms with E-state index in [0.29, 0.717) is 0 Å². The number of hydrogen-bond donors (Lipinski definition) is 1. The van der Waals surface area contributed by atoms with Crippen LogP contribution in [0.2, 0.25) is 0 Å². The van der Waals surface area contributed by atoms with Crippen LogP contribution in [0.5, 0.6) is 0 Å². The zero-order valence-electron chi connectivity index (χ0n) is 5.81. The van der Waals surface area contributed by atoms with Gasteiger partial charge < -0.3 is 5.11 Å². The molecule has 0 fully saturated rings. The molecule has 0 bridgehead atoms. The Labute approximate surface area is 41.1 Å². The molecule has 0 rings (SSSR count). The molecule has 0 amide bonds. The molecular formula is C5H10O. The summed E-state index contributed by atoms with van der Waals surface area (Å²) >= 11 is 0. The second-order valence-electron chi connectivity index (χ2n) is 0.940. The van der Waals surface area contributed by atoms with Crippen LogP contribution in [0.1, 0.15) is 16.1 Å². The molecule has 1 N–H and O–H groups in total. The van der Waals surface area contributed by atoms with E-state index >= 15 is 0 Å². The molecule has 6 heavy (non-hydrogen) atoms. The van der Waals surface area contributed by atoms with E-state index in [2.05, 4.69) is 0 Å². The summed E-state index contributed by atoms with van der Waals surface area (Å²) in [5.74, 6) is 0. The second kappa shape index (κ2) is 4.70. The third-order valence-electron chi connectivity index (χ3n) is 0.428. The molecule has 0 spiro atoms. The van der Waals surface area contributed by atoms with Gasteiger partial charge >= 0.3 is 0 Å². The van der Waals surface area contributed by atoms with Gasteiger partial charge in [0.2, 0.25) is 0 Å². The van der Waals surface area contributed by atoms with Crippen LogP contribution in [0.25, 0.3) is 0 Å². The fraction of sp³-hybridized carbons (Fsp3) is 0.600. The van der Waals surface area contributed by atoms with Crippen molar-refractivity contribution in [2.24, 2.45) is 0 Å². The Kier molecular flexibility index (Phi) is 2.20.